The molecule has 0 fully saturated rings. The first kappa shape index (κ1) is 9.98. The van der Waals surface area contributed by atoms with E-state index >= 15 is 0 Å². The predicted molar refractivity (Wildman–Crippen MR) is 66.1 cm³/mol. The number of aromatic nitrogens is 1. The first-order chi connectivity index (χ1) is 7.33. The molecule has 4 heteroatoms. The van der Waals surface area contributed by atoms with Crippen molar-refractivity contribution < 1.29 is 0 Å². The fourth-order valence-corrected chi connectivity index (χ4v) is 2.27. The van der Waals surface area contributed by atoms with Crippen molar-refractivity contribution in [2.24, 2.45) is 0 Å². The summed E-state index contributed by atoms with van der Waals surface area (Å²) in [6.45, 7) is 2.94. The zero-order valence-corrected chi connectivity index (χ0v) is 9.34. The number of benzene rings is 1. The van der Waals surface area contributed by atoms with E-state index in [1.807, 2.05) is 30.3 Å². The van der Waals surface area contributed by atoms with Gasteiger partial charge in [-0.3, -0.25) is 0 Å². The first-order valence-corrected chi connectivity index (χ1v) is 5.64. The van der Waals surface area contributed by atoms with Crippen LogP contribution < -0.4 is 11.1 Å². The zero-order chi connectivity index (χ0) is 10.7. The number of nitrogens with two attached hydrogens (primary N) is 1. The molecule has 0 saturated heterocycles. The molecule has 0 spiro atoms. The van der Waals surface area contributed by atoms with Gasteiger partial charge in [0.15, 0.2) is 0 Å². The monoisotopic (exact) mass is 219 g/mol. The summed E-state index contributed by atoms with van der Waals surface area (Å²) in [5, 5.41) is 4.31. The smallest absolute Gasteiger partial charge is 0.147 e. The van der Waals surface area contributed by atoms with Gasteiger partial charge in [0.25, 0.3) is 0 Å². The molecular formula is C11H13N3S. The molecule has 0 radical (unpaired) electrons. The van der Waals surface area contributed by atoms with E-state index in [9.17, 15) is 0 Å². The van der Waals surface area contributed by atoms with Gasteiger partial charge in [0.05, 0.1) is 5.56 Å². The van der Waals surface area contributed by atoms with Crippen LogP contribution in [-0.4, -0.2) is 10.9 Å². The van der Waals surface area contributed by atoms with Gasteiger partial charge in [0.2, 0.25) is 0 Å². The SMILES string of the molecule is CCNc1snc(N)c1-c1ccccc1. The van der Waals surface area contributed by atoms with Gasteiger partial charge >= 0.3 is 0 Å². The summed E-state index contributed by atoms with van der Waals surface area (Å²) in [6, 6.07) is 10.1. The van der Waals surface area contributed by atoms with Crippen LogP contribution >= 0.6 is 11.5 Å². The van der Waals surface area contributed by atoms with Crippen LogP contribution in [0.5, 0.6) is 0 Å². The average Bonchev–Trinajstić information content (AvgIpc) is 2.62. The maximum atomic E-state index is 5.86. The van der Waals surface area contributed by atoms with Crippen LogP contribution in [0.25, 0.3) is 11.1 Å². The average molecular weight is 219 g/mol. The number of rotatable bonds is 3. The minimum Gasteiger partial charge on any atom is -0.382 e. The van der Waals surface area contributed by atoms with E-state index < -0.39 is 0 Å². The largest absolute Gasteiger partial charge is 0.382 e. The van der Waals surface area contributed by atoms with Gasteiger partial charge in [-0.25, -0.2) is 0 Å². The summed E-state index contributed by atoms with van der Waals surface area (Å²) in [5.74, 6) is 0.599. The van der Waals surface area contributed by atoms with E-state index in [4.69, 9.17) is 5.73 Å². The Morgan fingerprint density at radius 3 is 2.73 bits per heavy atom. The topological polar surface area (TPSA) is 50.9 Å². The summed E-state index contributed by atoms with van der Waals surface area (Å²) in [6.07, 6.45) is 0. The highest BCUT2D eigenvalue weighted by Crippen LogP contribution is 2.36. The molecule has 0 aliphatic rings. The van der Waals surface area contributed by atoms with E-state index in [1.54, 1.807) is 0 Å². The van der Waals surface area contributed by atoms with E-state index in [0.29, 0.717) is 5.82 Å². The van der Waals surface area contributed by atoms with Crippen LogP contribution in [0.3, 0.4) is 0 Å². The lowest BCUT2D eigenvalue weighted by Crippen LogP contribution is -1.96. The molecule has 78 valence electrons. The van der Waals surface area contributed by atoms with Crippen LogP contribution in [0.1, 0.15) is 6.92 Å². The molecule has 0 aliphatic carbocycles. The number of nitrogens with one attached hydrogen (secondary N) is 1. The third-order valence-corrected chi connectivity index (χ3v) is 2.94. The molecule has 15 heavy (non-hydrogen) atoms. The quantitative estimate of drug-likeness (QED) is 0.834. The summed E-state index contributed by atoms with van der Waals surface area (Å²) in [4.78, 5) is 0. The Bertz CT molecular complexity index is 436. The van der Waals surface area contributed by atoms with Crippen LogP contribution in [0.15, 0.2) is 30.3 Å². The lowest BCUT2D eigenvalue weighted by atomic mass is 10.1. The number of nitrogens with zero attached hydrogens (tertiary/aromatic N) is 1. The summed E-state index contributed by atoms with van der Waals surface area (Å²) in [7, 11) is 0. The van der Waals surface area contributed by atoms with Gasteiger partial charge in [0, 0.05) is 6.54 Å². The van der Waals surface area contributed by atoms with E-state index in [0.717, 1.165) is 22.7 Å². The van der Waals surface area contributed by atoms with Gasteiger partial charge in [0.1, 0.15) is 10.8 Å². The van der Waals surface area contributed by atoms with Gasteiger partial charge in [-0.1, -0.05) is 30.3 Å². The molecule has 0 bridgehead atoms. The first-order valence-electron chi connectivity index (χ1n) is 4.87. The molecule has 0 saturated carbocycles. The predicted octanol–water partition coefficient (Wildman–Crippen LogP) is 2.82. The minimum absolute atomic E-state index is 0.599. The number of hydrogen-bond acceptors (Lipinski definition) is 4. The molecule has 1 aromatic carbocycles. The Kier molecular flexibility index (Phi) is 2.87. The Balaban J connectivity index is 2.47. The molecular weight excluding hydrogens is 206 g/mol. The zero-order valence-electron chi connectivity index (χ0n) is 8.53. The highest BCUT2D eigenvalue weighted by molar-refractivity contribution is 7.11. The number of hydrogen-bond donors (Lipinski definition) is 2. The third kappa shape index (κ3) is 1.94. The number of nitrogen functional groups attached to an aromatic ring is 1. The summed E-state index contributed by atoms with van der Waals surface area (Å²) in [5.41, 5.74) is 7.99. The van der Waals surface area contributed by atoms with Gasteiger partial charge in [-0.05, 0) is 24.0 Å². The molecule has 3 N–H and O–H groups in total. The molecule has 1 heterocycles. The lowest BCUT2D eigenvalue weighted by molar-refractivity contribution is 1.23. The van der Waals surface area contributed by atoms with Gasteiger partial charge < -0.3 is 11.1 Å². The van der Waals surface area contributed by atoms with Crippen molar-refractivity contribution in [1.29, 1.82) is 0 Å². The molecule has 2 aromatic rings. The molecule has 3 nitrogen and oxygen atoms in total. The Morgan fingerprint density at radius 1 is 1.33 bits per heavy atom. The van der Waals surface area contributed by atoms with Crippen molar-refractivity contribution in [3.8, 4) is 11.1 Å². The van der Waals surface area contributed by atoms with Crippen molar-refractivity contribution >= 4 is 22.4 Å². The van der Waals surface area contributed by atoms with Crippen molar-refractivity contribution in [1.82, 2.24) is 4.37 Å². The Labute approximate surface area is 93.1 Å². The highest BCUT2D eigenvalue weighted by atomic mass is 32.1. The lowest BCUT2D eigenvalue weighted by Gasteiger charge is -2.04. The maximum Gasteiger partial charge on any atom is 0.147 e. The molecule has 2 rings (SSSR count). The Morgan fingerprint density at radius 2 is 2.07 bits per heavy atom. The second kappa shape index (κ2) is 4.31. The van der Waals surface area contributed by atoms with Crippen LogP contribution in [0.2, 0.25) is 0 Å². The van der Waals surface area contributed by atoms with Gasteiger partial charge in [-0.15, -0.1) is 0 Å². The van der Waals surface area contributed by atoms with Crippen LogP contribution in [0, 0.1) is 0 Å². The minimum atomic E-state index is 0.599. The summed E-state index contributed by atoms with van der Waals surface area (Å²) >= 11 is 1.41. The standard InChI is InChI=1S/C11H13N3S/c1-2-13-11-9(10(12)14-15-11)8-6-4-3-5-7-8/h3-7,13H,2H2,1H3,(H2,12,14). The second-order valence-electron chi connectivity index (χ2n) is 3.17. The van der Waals surface area contributed by atoms with Crippen molar-refractivity contribution in [3.05, 3.63) is 30.3 Å². The molecule has 0 amide bonds. The van der Waals surface area contributed by atoms with E-state index in [2.05, 4.69) is 16.6 Å². The fourth-order valence-electron chi connectivity index (χ4n) is 1.47. The van der Waals surface area contributed by atoms with Crippen molar-refractivity contribution in [3.63, 3.8) is 0 Å². The van der Waals surface area contributed by atoms with Crippen LogP contribution in [0.4, 0.5) is 10.8 Å². The van der Waals surface area contributed by atoms with Crippen molar-refractivity contribution in [2.45, 2.75) is 6.92 Å². The highest BCUT2D eigenvalue weighted by Gasteiger charge is 2.11. The second-order valence-corrected chi connectivity index (χ2v) is 3.94. The number of anilines is 2. The maximum absolute atomic E-state index is 5.86. The van der Waals surface area contributed by atoms with E-state index in [1.165, 1.54) is 11.5 Å². The van der Waals surface area contributed by atoms with Crippen LogP contribution in [-0.2, 0) is 0 Å². The summed E-state index contributed by atoms with van der Waals surface area (Å²) < 4.78 is 4.17. The molecule has 1 aromatic heterocycles. The molecule has 0 aliphatic heterocycles. The molecule has 0 unspecified atom stereocenters. The fraction of sp³-hybridized carbons (Fsp3) is 0.182. The molecule has 0 atom stereocenters. The van der Waals surface area contributed by atoms with Crippen molar-refractivity contribution in [2.75, 3.05) is 17.6 Å². The Hall–Kier alpha value is -1.55. The third-order valence-electron chi connectivity index (χ3n) is 2.12. The van der Waals surface area contributed by atoms with Gasteiger partial charge in [-0.2, -0.15) is 4.37 Å². The van der Waals surface area contributed by atoms with E-state index in [-0.39, 0.29) is 0 Å². The normalized spacial score (nSPS) is 10.2.